The molecule has 0 aromatic heterocycles. The first-order chi connectivity index (χ1) is 16.9. The third-order valence-electron chi connectivity index (χ3n) is 5.71. The topological polar surface area (TPSA) is 103 Å². The second-order valence-electron chi connectivity index (χ2n) is 11.1. The minimum atomic E-state index is -0.839. The zero-order chi connectivity index (χ0) is 26.9. The highest BCUT2D eigenvalue weighted by Gasteiger charge is 2.23. The molecular weight excluding hydrogens is 454 g/mol. The summed E-state index contributed by atoms with van der Waals surface area (Å²) in [5.74, 6) is 1.50. The molecule has 2 aromatic rings. The monoisotopic (exact) mass is 498 g/mol. The highest BCUT2D eigenvalue weighted by molar-refractivity contribution is 6.01. The average Bonchev–Trinajstić information content (AvgIpc) is 2.75. The third-order valence-corrected chi connectivity index (χ3v) is 5.71. The van der Waals surface area contributed by atoms with Crippen LogP contribution in [-0.4, -0.2) is 35.1 Å². The Morgan fingerprint density at radius 2 is 1.72 bits per heavy atom. The van der Waals surface area contributed by atoms with Gasteiger partial charge in [0.15, 0.2) is 0 Å². The van der Waals surface area contributed by atoms with Gasteiger partial charge in [0.1, 0.15) is 11.5 Å². The van der Waals surface area contributed by atoms with Gasteiger partial charge in [-0.05, 0) is 59.9 Å². The highest BCUT2D eigenvalue weighted by atomic mass is 16.5. The van der Waals surface area contributed by atoms with E-state index >= 15 is 0 Å². The van der Waals surface area contributed by atoms with Crippen molar-refractivity contribution in [3.05, 3.63) is 52.6 Å². The van der Waals surface area contributed by atoms with Crippen molar-refractivity contribution in [3.8, 4) is 17.2 Å². The van der Waals surface area contributed by atoms with E-state index in [1.54, 1.807) is 0 Å². The molecule has 2 aromatic carbocycles. The third kappa shape index (κ3) is 9.21. The van der Waals surface area contributed by atoms with Gasteiger partial charge in [-0.25, -0.2) is 0 Å². The van der Waals surface area contributed by atoms with Gasteiger partial charge in [0.25, 0.3) is 5.75 Å². The van der Waals surface area contributed by atoms with Gasteiger partial charge in [-0.3, -0.25) is 4.79 Å². The number of ether oxygens (including phenoxy) is 2. The normalized spacial score (nSPS) is 11.5. The van der Waals surface area contributed by atoms with Crippen LogP contribution in [0.2, 0.25) is 0 Å². The van der Waals surface area contributed by atoms with Crippen molar-refractivity contribution < 1.29 is 24.5 Å². The smallest absolute Gasteiger partial charge is 0.307 e. The summed E-state index contributed by atoms with van der Waals surface area (Å²) in [7, 11) is 0. The summed E-state index contributed by atoms with van der Waals surface area (Å²) < 4.78 is 12.1. The average molecular weight is 499 g/mol. The van der Waals surface area contributed by atoms with E-state index in [0.29, 0.717) is 54.7 Å². The quantitative estimate of drug-likeness (QED) is 0.175. The summed E-state index contributed by atoms with van der Waals surface area (Å²) in [4.78, 5) is 11.1. The molecule has 198 valence electrons. The van der Waals surface area contributed by atoms with E-state index < -0.39 is 5.97 Å². The molecule has 2 rings (SSSR count). The SMILES string of the molecule is CCCc1c(OCCCOc2ccc(CC(=O)O)cc2CC(C)C)ccc(C(=N)CC(C)(C)C)c1[OH2+]. The fourth-order valence-electron chi connectivity index (χ4n) is 4.22. The number of carboxylic acids is 1. The number of aliphatic carboxylic acids is 1. The molecule has 0 atom stereocenters. The Labute approximate surface area is 216 Å². The number of carboxylic acid groups (broad SMARTS) is 1. The lowest BCUT2D eigenvalue weighted by Crippen LogP contribution is -2.14. The minimum absolute atomic E-state index is 0.00473. The van der Waals surface area contributed by atoms with Gasteiger partial charge in [0.2, 0.25) is 0 Å². The minimum Gasteiger partial charge on any atom is -0.593 e. The zero-order valence-corrected chi connectivity index (χ0v) is 22.8. The van der Waals surface area contributed by atoms with Gasteiger partial charge in [-0.1, -0.05) is 60.1 Å². The van der Waals surface area contributed by atoms with Crippen molar-refractivity contribution in [2.24, 2.45) is 11.3 Å². The van der Waals surface area contributed by atoms with E-state index in [4.69, 9.17) is 25.1 Å². The predicted octanol–water partition coefficient (Wildman–Crippen LogP) is 6.55. The molecule has 4 N–H and O–H groups in total. The maximum absolute atomic E-state index is 11.1. The van der Waals surface area contributed by atoms with Crippen LogP contribution in [0.5, 0.6) is 17.2 Å². The van der Waals surface area contributed by atoms with Gasteiger partial charge in [0.05, 0.1) is 30.8 Å². The molecule has 6 nitrogen and oxygen atoms in total. The Morgan fingerprint density at radius 3 is 2.31 bits per heavy atom. The van der Waals surface area contributed by atoms with Crippen LogP contribution in [0.15, 0.2) is 30.3 Å². The zero-order valence-electron chi connectivity index (χ0n) is 22.8. The van der Waals surface area contributed by atoms with E-state index in [1.807, 2.05) is 30.3 Å². The Morgan fingerprint density at radius 1 is 1.08 bits per heavy atom. The van der Waals surface area contributed by atoms with Crippen LogP contribution in [0.3, 0.4) is 0 Å². The molecule has 0 fully saturated rings. The molecule has 0 aliphatic carbocycles. The molecular formula is C30H44NO5+. The number of rotatable bonds is 14. The van der Waals surface area contributed by atoms with E-state index in [2.05, 4.69) is 41.5 Å². The first-order valence-electron chi connectivity index (χ1n) is 13.0. The van der Waals surface area contributed by atoms with Crippen molar-refractivity contribution in [1.82, 2.24) is 0 Å². The van der Waals surface area contributed by atoms with Gasteiger partial charge < -0.3 is 25.1 Å². The van der Waals surface area contributed by atoms with E-state index in [-0.39, 0.29) is 11.8 Å². The maximum atomic E-state index is 11.1. The van der Waals surface area contributed by atoms with Crippen molar-refractivity contribution in [2.45, 2.75) is 80.1 Å². The molecule has 0 saturated heterocycles. The lowest BCUT2D eigenvalue weighted by molar-refractivity contribution is -0.136. The summed E-state index contributed by atoms with van der Waals surface area (Å²) in [6.45, 7) is 13.6. The van der Waals surface area contributed by atoms with Gasteiger partial charge in [-0.2, -0.15) is 0 Å². The summed E-state index contributed by atoms with van der Waals surface area (Å²) in [5, 5.41) is 26.3. The van der Waals surface area contributed by atoms with Crippen molar-refractivity contribution in [2.75, 3.05) is 13.2 Å². The molecule has 36 heavy (non-hydrogen) atoms. The summed E-state index contributed by atoms with van der Waals surface area (Å²) in [6.07, 6.45) is 3.77. The molecule has 0 radical (unpaired) electrons. The summed E-state index contributed by atoms with van der Waals surface area (Å²) in [5.41, 5.74) is 3.85. The number of nitrogens with one attached hydrogen (secondary N) is 1. The fraction of sp³-hybridized carbons (Fsp3) is 0.533. The van der Waals surface area contributed by atoms with Crippen LogP contribution in [0, 0.1) is 16.7 Å². The lowest BCUT2D eigenvalue weighted by Gasteiger charge is -2.19. The van der Waals surface area contributed by atoms with Crippen LogP contribution in [0.4, 0.5) is 0 Å². The molecule has 0 amide bonds. The Balaban J connectivity index is 2.02. The summed E-state index contributed by atoms with van der Waals surface area (Å²) >= 11 is 0. The standard InChI is InChI=1S/C30H43NO5/c1-7-9-24-27(13-11-23(29(24)34)25(31)19-30(4,5)6)36-15-8-14-35-26-12-10-21(18-28(32)33)17-22(26)16-20(2)3/h10-13,17,20,31,34H,7-9,14-16,18-19H2,1-6H3,(H,32,33)/p+1. The molecule has 0 heterocycles. The molecule has 0 unspecified atom stereocenters. The molecule has 0 spiro atoms. The van der Waals surface area contributed by atoms with E-state index in [0.717, 1.165) is 41.7 Å². The molecule has 0 aliphatic heterocycles. The van der Waals surface area contributed by atoms with Crippen molar-refractivity contribution in [3.63, 3.8) is 0 Å². The molecule has 0 saturated carbocycles. The van der Waals surface area contributed by atoms with Crippen LogP contribution in [-0.2, 0) is 24.1 Å². The lowest BCUT2D eigenvalue weighted by atomic mass is 9.86. The van der Waals surface area contributed by atoms with Crippen LogP contribution in [0.25, 0.3) is 0 Å². The first-order valence-corrected chi connectivity index (χ1v) is 13.0. The van der Waals surface area contributed by atoms with Crippen molar-refractivity contribution in [1.29, 1.82) is 5.41 Å². The van der Waals surface area contributed by atoms with Crippen LogP contribution >= 0.6 is 0 Å². The second-order valence-corrected chi connectivity index (χ2v) is 11.1. The van der Waals surface area contributed by atoms with E-state index in [1.165, 1.54) is 0 Å². The highest BCUT2D eigenvalue weighted by Crippen LogP contribution is 2.35. The number of hydrogen-bond donors (Lipinski definition) is 2. The first kappa shape index (κ1) is 29.2. The molecule has 0 bridgehead atoms. The molecule has 6 heteroatoms. The number of hydrogen-bond acceptors (Lipinski definition) is 4. The maximum Gasteiger partial charge on any atom is 0.307 e. The van der Waals surface area contributed by atoms with Gasteiger partial charge in [-0.15, -0.1) is 0 Å². The summed E-state index contributed by atoms with van der Waals surface area (Å²) in [6, 6.07) is 9.37. The second kappa shape index (κ2) is 13.3. The van der Waals surface area contributed by atoms with Gasteiger partial charge in [0, 0.05) is 12.1 Å². The Hall–Kier alpha value is -3.02. The van der Waals surface area contributed by atoms with Gasteiger partial charge >= 0.3 is 5.97 Å². The number of carbonyl (C=O) groups is 1. The predicted molar refractivity (Wildman–Crippen MR) is 146 cm³/mol. The molecule has 0 aliphatic rings. The largest absolute Gasteiger partial charge is 0.593 e. The van der Waals surface area contributed by atoms with Crippen LogP contribution < -0.4 is 9.47 Å². The van der Waals surface area contributed by atoms with E-state index in [9.17, 15) is 4.79 Å². The number of benzene rings is 2. The Kier molecular flexibility index (Phi) is 10.8. The fourth-order valence-corrected chi connectivity index (χ4v) is 4.22. The Bertz CT molecular complexity index is 1040. The van der Waals surface area contributed by atoms with Crippen molar-refractivity contribution >= 4 is 11.7 Å². The van der Waals surface area contributed by atoms with Crippen LogP contribution in [0.1, 0.15) is 83.1 Å².